The fourth-order valence-electron chi connectivity index (χ4n) is 4.41. The smallest absolute Gasteiger partial charge is 0.260 e. The number of aromatic nitrogens is 4. The molecule has 0 radical (unpaired) electrons. The van der Waals surface area contributed by atoms with Gasteiger partial charge in [0.1, 0.15) is 22.9 Å². The van der Waals surface area contributed by atoms with Crippen LogP contribution in [0.4, 0.5) is 14.7 Å². The van der Waals surface area contributed by atoms with Gasteiger partial charge in [-0.05, 0) is 31.6 Å². The summed E-state index contributed by atoms with van der Waals surface area (Å²) in [7, 11) is 1.39. The predicted molar refractivity (Wildman–Crippen MR) is 141 cm³/mol. The second-order valence-corrected chi connectivity index (χ2v) is 9.93. The normalized spacial score (nSPS) is 13.9. The molecule has 1 aliphatic rings. The third-order valence-corrected chi connectivity index (χ3v) is 6.66. The number of anilines is 1. The molecule has 0 N–H and O–H groups in total. The first kappa shape index (κ1) is 28.0. The molecule has 0 unspecified atom stereocenters. The van der Waals surface area contributed by atoms with E-state index in [2.05, 4.69) is 30.9 Å². The van der Waals surface area contributed by atoms with E-state index in [0.29, 0.717) is 35.8 Å². The summed E-state index contributed by atoms with van der Waals surface area (Å²) in [5.41, 5.74) is 0.0714. The minimum absolute atomic E-state index is 0.0467. The zero-order valence-electron chi connectivity index (χ0n) is 22.4. The molecule has 39 heavy (non-hydrogen) atoms. The molecule has 3 heterocycles. The van der Waals surface area contributed by atoms with Crippen LogP contribution >= 0.6 is 0 Å². The van der Waals surface area contributed by atoms with E-state index < -0.39 is 23.1 Å². The maximum atomic E-state index is 14.4. The third kappa shape index (κ3) is 6.88. The van der Waals surface area contributed by atoms with Crippen LogP contribution < -0.4 is 9.64 Å². The third-order valence-electron chi connectivity index (χ3n) is 6.66. The summed E-state index contributed by atoms with van der Waals surface area (Å²) in [6, 6.07) is 2.07. The number of hydrogen-bond donors (Lipinski definition) is 0. The Labute approximate surface area is 226 Å². The maximum absolute atomic E-state index is 14.4. The molecule has 1 amide bonds. The molecule has 0 saturated carbocycles. The lowest BCUT2D eigenvalue weighted by atomic mass is 9.92. The second kappa shape index (κ2) is 12.7. The molecule has 11 heteroatoms. The van der Waals surface area contributed by atoms with E-state index in [-0.39, 0.29) is 18.2 Å². The van der Waals surface area contributed by atoms with Crippen LogP contribution in [0.1, 0.15) is 61.7 Å². The van der Waals surface area contributed by atoms with Crippen LogP contribution in [0.5, 0.6) is 5.75 Å². The number of hydrogen-bond acceptors (Lipinski definition) is 8. The molecule has 0 spiro atoms. The minimum atomic E-state index is -0.973. The number of carbonyl (C=O) groups is 1. The van der Waals surface area contributed by atoms with Gasteiger partial charge in [0.05, 0.1) is 18.7 Å². The molecule has 206 valence electrons. The van der Waals surface area contributed by atoms with Crippen molar-refractivity contribution in [3.05, 3.63) is 47.6 Å². The SMILES string of the molecule is C#CCN(C)C(=O)c1c(F)cc(OCCCC2CCN(c3ncc(-c4noc(C(C)C)n4)cn3)CC2)cc1F. The van der Waals surface area contributed by atoms with Crippen LogP contribution in [0.3, 0.4) is 0 Å². The van der Waals surface area contributed by atoms with Gasteiger partial charge in [-0.15, -0.1) is 6.42 Å². The monoisotopic (exact) mass is 538 g/mol. The van der Waals surface area contributed by atoms with E-state index in [9.17, 15) is 13.6 Å². The van der Waals surface area contributed by atoms with Crippen LogP contribution in [-0.4, -0.2) is 64.2 Å². The van der Waals surface area contributed by atoms with Crippen molar-refractivity contribution in [1.82, 2.24) is 25.0 Å². The second-order valence-electron chi connectivity index (χ2n) is 9.93. The summed E-state index contributed by atoms with van der Waals surface area (Å²) in [5.74, 6) is 1.96. The quantitative estimate of drug-likeness (QED) is 0.271. The standard InChI is InChI=1S/C28H32F2N6O3/c1-5-10-35(4)27(37)24-22(29)14-21(15-23(24)30)38-13-6-7-19-8-11-36(12-9-19)28-31-16-20(17-32-28)25-33-26(18(2)3)39-34-25/h1,14-19H,6-13H2,2-4H3. The molecule has 0 bridgehead atoms. The summed E-state index contributed by atoms with van der Waals surface area (Å²) in [6.07, 6.45) is 12.2. The van der Waals surface area contributed by atoms with E-state index >= 15 is 0 Å². The highest BCUT2D eigenvalue weighted by atomic mass is 19.1. The molecule has 9 nitrogen and oxygen atoms in total. The summed E-state index contributed by atoms with van der Waals surface area (Å²) in [5, 5.41) is 4.00. The van der Waals surface area contributed by atoms with Crippen molar-refractivity contribution in [1.29, 1.82) is 0 Å². The Hall–Kier alpha value is -4.07. The molecule has 1 fully saturated rings. The Morgan fingerprint density at radius 2 is 1.90 bits per heavy atom. The topological polar surface area (TPSA) is 97.5 Å². The lowest BCUT2D eigenvalue weighted by Crippen LogP contribution is -2.34. The molecular weight excluding hydrogens is 506 g/mol. The molecule has 1 aromatic carbocycles. The van der Waals surface area contributed by atoms with Gasteiger partial charge in [0.15, 0.2) is 0 Å². The zero-order valence-corrected chi connectivity index (χ0v) is 22.4. The van der Waals surface area contributed by atoms with Crippen molar-refractivity contribution in [3.63, 3.8) is 0 Å². The van der Waals surface area contributed by atoms with E-state index in [4.69, 9.17) is 15.7 Å². The van der Waals surface area contributed by atoms with Gasteiger partial charge in [0, 0.05) is 50.6 Å². The minimum Gasteiger partial charge on any atom is -0.493 e. The van der Waals surface area contributed by atoms with Gasteiger partial charge < -0.3 is 19.1 Å². The summed E-state index contributed by atoms with van der Waals surface area (Å²) in [4.78, 5) is 28.8. The number of terminal acetylenes is 1. The van der Waals surface area contributed by atoms with E-state index in [1.165, 1.54) is 7.05 Å². The van der Waals surface area contributed by atoms with Crippen LogP contribution in [0.2, 0.25) is 0 Å². The van der Waals surface area contributed by atoms with E-state index in [0.717, 1.165) is 55.8 Å². The lowest BCUT2D eigenvalue weighted by molar-refractivity contribution is 0.0803. The molecule has 0 atom stereocenters. The zero-order chi connectivity index (χ0) is 27.9. The largest absolute Gasteiger partial charge is 0.493 e. The average Bonchev–Trinajstić information content (AvgIpc) is 3.42. The molecule has 1 saturated heterocycles. The van der Waals surface area contributed by atoms with Crippen LogP contribution in [0.25, 0.3) is 11.4 Å². The highest BCUT2D eigenvalue weighted by Crippen LogP contribution is 2.26. The molecule has 0 aliphatic carbocycles. The number of amides is 1. The van der Waals surface area contributed by atoms with Crippen molar-refractivity contribution in [2.24, 2.45) is 5.92 Å². The highest BCUT2D eigenvalue weighted by Gasteiger charge is 2.23. The van der Waals surface area contributed by atoms with Crippen molar-refractivity contribution >= 4 is 11.9 Å². The Bertz CT molecular complexity index is 1290. The number of carbonyl (C=O) groups excluding carboxylic acids is 1. The predicted octanol–water partition coefficient (Wildman–Crippen LogP) is 4.71. The van der Waals surface area contributed by atoms with Gasteiger partial charge in [-0.2, -0.15) is 4.98 Å². The molecule has 2 aromatic heterocycles. The first-order chi connectivity index (χ1) is 18.8. The number of halogens is 2. The maximum Gasteiger partial charge on any atom is 0.260 e. The first-order valence-electron chi connectivity index (χ1n) is 13.0. The van der Waals surface area contributed by atoms with Crippen molar-refractivity contribution in [3.8, 4) is 29.5 Å². The molecular formula is C28H32F2N6O3. The van der Waals surface area contributed by atoms with Gasteiger partial charge in [-0.1, -0.05) is 24.9 Å². The summed E-state index contributed by atoms with van der Waals surface area (Å²) < 4.78 is 39.7. The van der Waals surface area contributed by atoms with Gasteiger partial charge in [-0.3, -0.25) is 4.79 Å². The summed E-state index contributed by atoms with van der Waals surface area (Å²) >= 11 is 0. The number of piperidine rings is 1. The number of nitrogens with zero attached hydrogens (tertiary/aromatic N) is 6. The van der Waals surface area contributed by atoms with Crippen molar-refractivity contribution < 1.29 is 22.8 Å². The average molecular weight is 539 g/mol. The molecule has 4 rings (SSSR count). The fourth-order valence-corrected chi connectivity index (χ4v) is 4.41. The van der Waals surface area contributed by atoms with Crippen LogP contribution in [0.15, 0.2) is 29.0 Å². The Balaban J connectivity index is 1.21. The number of ether oxygens (including phenoxy) is 1. The van der Waals surface area contributed by atoms with Gasteiger partial charge in [0.25, 0.3) is 5.91 Å². The van der Waals surface area contributed by atoms with E-state index in [1.807, 2.05) is 13.8 Å². The van der Waals surface area contributed by atoms with Crippen LogP contribution in [-0.2, 0) is 0 Å². The Morgan fingerprint density at radius 3 is 2.49 bits per heavy atom. The van der Waals surface area contributed by atoms with Crippen LogP contribution in [0, 0.1) is 29.9 Å². The van der Waals surface area contributed by atoms with Crippen molar-refractivity contribution in [2.75, 3.05) is 38.2 Å². The summed E-state index contributed by atoms with van der Waals surface area (Å²) in [6.45, 7) is 5.93. The first-order valence-corrected chi connectivity index (χ1v) is 13.0. The number of benzene rings is 1. The Kier molecular flexibility index (Phi) is 9.07. The van der Waals surface area contributed by atoms with Gasteiger partial charge in [0.2, 0.25) is 17.7 Å². The Morgan fingerprint density at radius 1 is 1.23 bits per heavy atom. The molecule has 1 aliphatic heterocycles. The number of rotatable bonds is 10. The van der Waals surface area contributed by atoms with Crippen molar-refractivity contribution in [2.45, 2.75) is 45.4 Å². The van der Waals surface area contributed by atoms with Gasteiger partial charge in [-0.25, -0.2) is 18.7 Å². The lowest BCUT2D eigenvalue weighted by Gasteiger charge is -2.32. The van der Waals surface area contributed by atoms with Gasteiger partial charge >= 0.3 is 0 Å². The van der Waals surface area contributed by atoms with E-state index in [1.54, 1.807) is 12.4 Å². The fraction of sp³-hybridized carbons (Fsp3) is 0.464. The highest BCUT2D eigenvalue weighted by molar-refractivity contribution is 5.95. The molecule has 3 aromatic rings.